The SMILES string of the molecule is CCCCCCCCC/C=C\CCCCCCCC(=O)OCCCCCCCCCCCC(=O)NC(CO)C(O)CCCCCCCCCCCCC. The number of rotatable bonds is 43. The summed E-state index contributed by atoms with van der Waals surface area (Å²) in [4.78, 5) is 24.4. The van der Waals surface area contributed by atoms with Gasteiger partial charge >= 0.3 is 5.97 Å². The Morgan fingerprint density at radius 1 is 0.509 bits per heavy atom. The van der Waals surface area contributed by atoms with Crippen molar-refractivity contribution in [1.29, 1.82) is 0 Å². The molecule has 2 atom stereocenters. The molecule has 314 valence electrons. The van der Waals surface area contributed by atoms with Gasteiger partial charge in [0.25, 0.3) is 0 Å². The third kappa shape index (κ3) is 40.1. The van der Waals surface area contributed by atoms with E-state index >= 15 is 0 Å². The maximum atomic E-state index is 12.4. The minimum Gasteiger partial charge on any atom is -0.466 e. The van der Waals surface area contributed by atoms with Gasteiger partial charge in [-0.3, -0.25) is 9.59 Å². The molecule has 0 aliphatic carbocycles. The van der Waals surface area contributed by atoms with E-state index in [9.17, 15) is 19.8 Å². The van der Waals surface area contributed by atoms with E-state index in [4.69, 9.17) is 4.74 Å². The summed E-state index contributed by atoms with van der Waals surface area (Å²) in [5.41, 5.74) is 0. The molecule has 0 aliphatic rings. The zero-order valence-electron chi connectivity index (χ0n) is 35.5. The van der Waals surface area contributed by atoms with Crippen molar-refractivity contribution in [3.8, 4) is 0 Å². The number of ether oxygens (including phenoxy) is 1. The summed E-state index contributed by atoms with van der Waals surface area (Å²) in [6.45, 7) is 4.87. The number of carbonyl (C=O) groups excluding carboxylic acids is 2. The molecule has 0 fully saturated rings. The van der Waals surface area contributed by atoms with E-state index in [0.29, 0.717) is 25.9 Å². The zero-order valence-corrected chi connectivity index (χ0v) is 35.5. The van der Waals surface area contributed by atoms with Crippen molar-refractivity contribution >= 4 is 11.9 Å². The van der Waals surface area contributed by atoms with Gasteiger partial charge in [0.2, 0.25) is 5.91 Å². The molecule has 0 radical (unpaired) electrons. The van der Waals surface area contributed by atoms with Crippen molar-refractivity contribution in [2.24, 2.45) is 0 Å². The molecule has 6 heteroatoms. The molecular weight excluding hydrogens is 659 g/mol. The first kappa shape index (κ1) is 51.6. The average Bonchev–Trinajstić information content (AvgIpc) is 3.16. The third-order valence-corrected chi connectivity index (χ3v) is 10.8. The molecule has 3 N–H and O–H groups in total. The average molecular weight is 750 g/mol. The van der Waals surface area contributed by atoms with Gasteiger partial charge in [0.1, 0.15) is 0 Å². The first-order chi connectivity index (χ1) is 26.0. The maximum absolute atomic E-state index is 12.4. The lowest BCUT2D eigenvalue weighted by Gasteiger charge is -2.22. The standard InChI is InChI=1S/C47H91NO5/c1-3-5-7-9-11-13-15-16-17-18-19-21-25-29-33-37-41-47(52)53-42-38-34-30-26-22-24-28-32-36-40-46(51)48-44(43-49)45(50)39-35-31-27-23-20-14-12-10-8-6-4-2/h17-18,44-45,49-50H,3-16,19-43H2,1-2H3,(H,48,51)/b18-17-. The van der Waals surface area contributed by atoms with Gasteiger partial charge in [0.15, 0.2) is 0 Å². The lowest BCUT2D eigenvalue weighted by molar-refractivity contribution is -0.143. The third-order valence-electron chi connectivity index (χ3n) is 10.8. The van der Waals surface area contributed by atoms with Gasteiger partial charge in [-0.1, -0.05) is 199 Å². The predicted octanol–water partition coefficient (Wildman–Crippen LogP) is 13.4. The van der Waals surface area contributed by atoms with Crippen LogP contribution < -0.4 is 5.32 Å². The van der Waals surface area contributed by atoms with E-state index in [2.05, 4.69) is 31.3 Å². The van der Waals surface area contributed by atoms with Gasteiger partial charge in [-0.25, -0.2) is 0 Å². The Bertz CT molecular complexity index is 787. The van der Waals surface area contributed by atoms with Gasteiger partial charge in [0.05, 0.1) is 25.4 Å². The Morgan fingerprint density at radius 2 is 0.887 bits per heavy atom. The van der Waals surface area contributed by atoms with E-state index in [0.717, 1.165) is 57.8 Å². The van der Waals surface area contributed by atoms with E-state index in [1.165, 1.54) is 161 Å². The van der Waals surface area contributed by atoms with Crippen molar-refractivity contribution < 1.29 is 24.5 Å². The molecule has 0 aromatic carbocycles. The van der Waals surface area contributed by atoms with Crippen LogP contribution in [0.1, 0.15) is 251 Å². The molecule has 0 aromatic heterocycles. The fourth-order valence-electron chi connectivity index (χ4n) is 7.16. The monoisotopic (exact) mass is 750 g/mol. The topological polar surface area (TPSA) is 95.9 Å². The number of carbonyl (C=O) groups is 2. The normalized spacial score (nSPS) is 12.8. The van der Waals surface area contributed by atoms with Gasteiger partial charge in [-0.05, 0) is 51.4 Å². The van der Waals surface area contributed by atoms with E-state index in [-0.39, 0.29) is 18.5 Å². The highest BCUT2D eigenvalue weighted by Crippen LogP contribution is 2.15. The first-order valence-electron chi connectivity index (χ1n) is 23.4. The zero-order chi connectivity index (χ0) is 38.7. The summed E-state index contributed by atoms with van der Waals surface area (Å²) < 4.78 is 5.44. The molecule has 6 nitrogen and oxygen atoms in total. The number of allylic oxidation sites excluding steroid dienone is 2. The fraction of sp³-hybridized carbons (Fsp3) is 0.915. The summed E-state index contributed by atoms with van der Waals surface area (Å²) in [7, 11) is 0. The Labute approximate surface area is 329 Å². The molecule has 0 rings (SSSR count). The van der Waals surface area contributed by atoms with Gasteiger partial charge < -0.3 is 20.3 Å². The van der Waals surface area contributed by atoms with E-state index in [1.807, 2.05) is 0 Å². The summed E-state index contributed by atoms with van der Waals surface area (Å²) in [5, 5.41) is 23.1. The second-order valence-corrected chi connectivity index (χ2v) is 16.1. The van der Waals surface area contributed by atoms with Gasteiger partial charge in [0, 0.05) is 12.8 Å². The highest BCUT2D eigenvalue weighted by atomic mass is 16.5. The number of aliphatic hydroxyl groups is 2. The Morgan fingerprint density at radius 3 is 1.34 bits per heavy atom. The van der Waals surface area contributed by atoms with Gasteiger partial charge in [-0.2, -0.15) is 0 Å². The Kier molecular flexibility index (Phi) is 42.2. The van der Waals surface area contributed by atoms with Crippen molar-refractivity contribution in [1.82, 2.24) is 5.32 Å². The largest absolute Gasteiger partial charge is 0.466 e. The number of nitrogens with one attached hydrogen (secondary N) is 1. The fourth-order valence-corrected chi connectivity index (χ4v) is 7.16. The van der Waals surface area contributed by atoms with Crippen LogP contribution in [-0.2, 0) is 14.3 Å². The molecule has 0 heterocycles. The summed E-state index contributed by atoms with van der Waals surface area (Å²) >= 11 is 0. The van der Waals surface area contributed by atoms with Crippen molar-refractivity contribution in [3.63, 3.8) is 0 Å². The molecule has 0 aliphatic heterocycles. The summed E-state index contributed by atoms with van der Waals surface area (Å²) in [5.74, 6) is -0.0970. The number of hydrogen-bond donors (Lipinski definition) is 3. The molecule has 53 heavy (non-hydrogen) atoms. The smallest absolute Gasteiger partial charge is 0.305 e. The summed E-state index contributed by atoms with van der Waals surface area (Å²) in [6.07, 6.45) is 47.4. The number of unbranched alkanes of at least 4 members (excludes halogenated alkanes) is 30. The number of hydrogen-bond acceptors (Lipinski definition) is 5. The highest BCUT2D eigenvalue weighted by molar-refractivity contribution is 5.76. The minimum atomic E-state index is -0.679. The number of amides is 1. The maximum Gasteiger partial charge on any atom is 0.305 e. The Balaban J connectivity index is 3.48. The van der Waals surface area contributed by atoms with Crippen molar-refractivity contribution in [2.45, 2.75) is 264 Å². The molecule has 0 aromatic rings. The van der Waals surface area contributed by atoms with Crippen LogP contribution in [0.2, 0.25) is 0 Å². The molecule has 2 unspecified atom stereocenters. The quantitative estimate of drug-likeness (QED) is 0.0328. The second kappa shape index (κ2) is 43.3. The van der Waals surface area contributed by atoms with Crippen LogP contribution in [0.15, 0.2) is 12.2 Å². The minimum absolute atomic E-state index is 0.0328. The number of aliphatic hydroxyl groups excluding tert-OH is 2. The van der Waals surface area contributed by atoms with E-state index in [1.54, 1.807) is 0 Å². The molecule has 0 saturated carbocycles. The number of esters is 1. The van der Waals surface area contributed by atoms with Crippen LogP contribution in [0, 0.1) is 0 Å². The molecule has 1 amide bonds. The van der Waals surface area contributed by atoms with Crippen LogP contribution in [0.3, 0.4) is 0 Å². The van der Waals surface area contributed by atoms with Crippen molar-refractivity contribution in [2.75, 3.05) is 13.2 Å². The molecule has 0 saturated heterocycles. The Hall–Kier alpha value is -1.40. The van der Waals surface area contributed by atoms with E-state index < -0.39 is 12.1 Å². The lowest BCUT2D eigenvalue weighted by Crippen LogP contribution is -2.45. The van der Waals surface area contributed by atoms with Crippen LogP contribution in [0.5, 0.6) is 0 Å². The van der Waals surface area contributed by atoms with Crippen LogP contribution >= 0.6 is 0 Å². The lowest BCUT2D eigenvalue weighted by atomic mass is 10.0. The first-order valence-corrected chi connectivity index (χ1v) is 23.4. The molecule has 0 spiro atoms. The van der Waals surface area contributed by atoms with Crippen molar-refractivity contribution in [3.05, 3.63) is 12.2 Å². The highest BCUT2D eigenvalue weighted by Gasteiger charge is 2.20. The summed E-state index contributed by atoms with van der Waals surface area (Å²) in [6, 6.07) is -0.559. The molecular formula is C47H91NO5. The van der Waals surface area contributed by atoms with Gasteiger partial charge in [-0.15, -0.1) is 0 Å². The molecule has 0 bridgehead atoms. The van der Waals surface area contributed by atoms with Crippen LogP contribution in [-0.4, -0.2) is 47.4 Å². The van der Waals surface area contributed by atoms with Crippen LogP contribution in [0.25, 0.3) is 0 Å². The van der Waals surface area contributed by atoms with Crippen LogP contribution in [0.4, 0.5) is 0 Å². The predicted molar refractivity (Wildman–Crippen MR) is 227 cm³/mol. The second-order valence-electron chi connectivity index (χ2n) is 16.1.